The summed E-state index contributed by atoms with van der Waals surface area (Å²) in [7, 11) is 1.69. The molecule has 0 bridgehead atoms. The minimum atomic E-state index is -0.128. The normalized spacial score (nSPS) is 15.3. The molecule has 0 saturated heterocycles. The Morgan fingerprint density at radius 1 is 1.37 bits per heavy atom. The van der Waals surface area contributed by atoms with E-state index in [1.807, 2.05) is 13.0 Å². The molecule has 2 rings (SSSR count). The van der Waals surface area contributed by atoms with E-state index in [-0.39, 0.29) is 11.8 Å². The van der Waals surface area contributed by atoms with E-state index in [9.17, 15) is 4.79 Å². The Kier molecular flexibility index (Phi) is 5.11. The summed E-state index contributed by atoms with van der Waals surface area (Å²) in [5, 5.41) is 3.25. The van der Waals surface area contributed by atoms with Gasteiger partial charge in [-0.1, -0.05) is 12.1 Å². The van der Waals surface area contributed by atoms with Crippen LogP contribution in [0.3, 0.4) is 0 Å². The number of hydrogen-bond donors (Lipinski definition) is 1. The van der Waals surface area contributed by atoms with Crippen LogP contribution < -0.4 is 5.32 Å². The number of carbonyl (C=O) groups excluding carboxylic acids is 1. The number of ketones is 1. The van der Waals surface area contributed by atoms with Gasteiger partial charge in [0.05, 0.1) is 6.04 Å². The molecule has 0 aliphatic heterocycles. The lowest BCUT2D eigenvalue weighted by Crippen LogP contribution is -2.35. The first-order valence-electron chi connectivity index (χ1n) is 7.10. The molecule has 0 amide bonds. The highest BCUT2D eigenvalue weighted by atomic mass is 16.5. The van der Waals surface area contributed by atoms with Crippen molar-refractivity contribution in [1.82, 2.24) is 5.32 Å². The zero-order chi connectivity index (χ0) is 13.7. The van der Waals surface area contributed by atoms with Crippen LogP contribution in [0.5, 0.6) is 0 Å². The number of hydrogen-bond acceptors (Lipinski definition) is 3. The maximum absolute atomic E-state index is 12.3. The number of methoxy groups -OCH3 is 1. The predicted octanol–water partition coefficient (Wildman–Crippen LogP) is 2.37. The van der Waals surface area contributed by atoms with Crippen LogP contribution in [-0.4, -0.2) is 32.1 Å². The van der Waals surface area contributed by atoms with E-state index in [1.54, 1.807) is 7.11 Å². The topological polar surface area (TPSA) is 38.3 Å². The first-order valence-corrected chi connectivity index (χ1v) is 7.10. The molecule has 0 fully saturated rings. The smallest absolute Gasteiger partial charge is 0.179 e. The van der Waals surface area contributed by atoms with E-state index in [0.717, 1.165) is 38.0 Å². The van der Waals surface area contributed by atoms with Gasteiger partial charge in [-0.3, -0.25) is 4.79 Å². The molecule has 0 radical (unpaired) electrons. The quantitative estimate of drug-likeness (QED) is 0.605. The Labute approximate surface area is 115 Å². The molecule has 1 aliphatic rings. The van der Waals surface area contributed by atoms with E-state index in [0.29, 0.717) is 0 Å². The summed E-state index contributed by atoms with van der Waals surface area (Å²) in [6, 6.07) is 6.04. The number of Topliss-reactive ketones (excluding diaryl/α,β-unsaturated/α-hetero) is 1. The summed E-state index contributed by atoms with van der Waals surface area (Å²) in [6.45, 7) is 3.47. The summed E-state index contributed by atoms with van der Waals surface area (Å²) in [5.41, 5.74) is 3.61. The second-order valence-corrected chi connectivity index (χ2v) is 5.22. The maximum Gasteiger partial charge on any atom is 0.179 e. The lowest BCUT2D eigenvalue weighted by Gasteiger charge is -2.13. The fourth-order valence-electron chi connectivity index (χ4n) is 2.60. The van der Waals surface area contributed by atoms with Crippen molar-refractivity contribution in [3.63, 3.8) is 0 Å². The molecule has 1 aromatic rings. The van der Waals surface area contributed by atoms with E-state index < -0.39 is 0 Å². The van der Waals surface area contributed by atoms with Gasteiger partial charge in [-0.25, -0.2) is 0 Å². The molecule has 0 saturated carbocycles. The average molecular weight is 261 g/mol. The number of ether oxygens (including phenoxy) is 1. The molecule has 0 aromatic heterocycles. The minimum absolute atomic E-state index is 0.128. The highest BCUT2D eigenvalue weighted by Gasteiger charge is 2.17. The molecule has 104 valence electrons. The lowest BCUT2D eigenvalue weighted by molar-refractivity contribution is 0.0949. The molecule has 3 heteroatoms. The second-order valence-electron chi connectivity index (χ2n) is 5.22. The number of benzene rings is 1. The molecule has 1 atom stereocenters. The summed E-state index contributed by atoms with van der Waals surface area (Å²) < 4.78 is 4.99. The van der Waals surface area contributed by atoms with Crippen molar-refractivity contribution in [3.05, 3.63) is 34.9 Å². The third kappa shape index (κ3) is 3.64. The van der Waals surface area contributed by atoms with Gasteiger partial charge in [0.15, 0.2) is 5.78 Å². The van der Waals surface area contributed by atoms with Crippen LogP contribution in [0.2, 0.25) is 0 Å². The molecule has 0 spiro atoms. The van der Waals surface area contributed by atoms with Crippen LogP contribution in [0.1, 0.15) is 41.3 Å². The SMILES string of the molecule is COCCCNC(C)C(=O)c1ccc2c(c1)CCC2. The van der Waals surface area contributed by atoms with E-state index >= 15 is 0 Å². The lowest BCUT2D eigenvalue weighted by atomic mass is 10.0. The number of nitrogens with one attached hydrogen (secondary N) is 1. The van der Waals surface area contributed by atoms with Gasteiger partial charge in [-0.05, 0) is 56.3 Å². The van der Waals surface area contributed by atoms with Crippen LogP contribution in [0.25, 0.3) is 0 Å². The largest absolute Gasteiger partial charge is 0.385 e. The summed E-state index contributed by atoms with van der Waals surface area (Å²) >= 11 is 0. The van der Waals surface area contributed by atoms with Crippen molar-refractivity contribution < 1.29 is 9.53 Å². The molecular formula is C16H23NO2. The monoisotopic (exact) mass is 261 g/mol. The summed E-state index contributed by atoms with van der Waals surface area (Å²) in [5.74, 6) is 0.187. The molecule has 1 unspecified atom stereocenters. The van der Waals surface area contributed by atoms with Gasteiger partial charge in [-0.15, -0.1) is 0 Å². The molecule has 1 aromatic carbocycles. The van der Waals surface area contributed by atoms with Gasteiger partial charge in [0.2, 0.25) is 0 Å². The molecule has 1 aliphatic carbocycles. The highest BCUT2D eigenvalue weighted by molar-refractivity contribution is 6.00. The van der Waals surface area contributed by atoms with Crippen molar-refractivity contribution in [2.75, 3.05) is 20.3 Å². The van der Waals surface area contributed by atoms with Crippen LogP contribution in [0, 0.1) is 0 Å². The van der Waals surface area contributed by atoms with Crippen molar-refractivity contribution in [3.8, 4) is 0 Å². The average Bonchev–Trinajstić information content (AvgIpc) is 2.89. The molecular weight excluding hydrogens is 238 g/mol. The van der Waals surface area contributed by atoms with Crippen LogP contribution in [0.4, 0.5) is 0 Å². The van der Waals surface area contributed by atoms with Crippen molar-refractivity contribution >= 4 is 5.78 Å². The van der Waals surface area contributed by atoms with Crippen LogP contribution in [0.15, 0.2) is 18.2 Å². The fraction of sp³-hybridized carbons (Fsp3) is 0.562. The van der Waals surface area contributed by atoms with Gasteiger partial charge < -0.3 is 10.1 Å². The predicted molar refractivity (Wildman–Crippen MR) is 76.8 cm³/mol. The van der Waals surface area contributed by atoms with Crippen molar-refractivity contribution in [2.24, 2.45) is 0 Å². The maximum atomic E-state index is 12.3. The standard InChI is InChI=1S/C16H23NO2/c1-12(17-9-4-10-19-2)16(18)15-8-7-13-5-3-6-14(13)11-15/h7-8,11-12,17H,3-6,9-10H2,1-2H3. The van der Waals surface area contributed by atoms with Gasteiger partial charge in [-0.2, -0.15) is 0 Å². The molecule has 19 heavy (non-hydrogen) atoms. The number of rotatable bonds is 7. The second kappa shape index (κ2) is 6.83. The van der Waals surface area contributed by atoms with Gasteiger partial charge in [0.1, 0.15) is 0 Å². The van der Waals surface area contributed by atoms with Gasteiger partial charge in [0.25, 0.3) is 0 Å². The first-order chi connectivity index (χ1) is 9.22. The van der Waals surface area contributed by atoms with Gasteiger partial charge >= 0.3 is 0 Å². The number of aryl methyl sites for hydroxylation is 2. The third-order valence-corrected chi connectivity index (χ3v) is 3.75. The fourth-order valence-corrected chi connectivity index (χ4v) is 2.60. The Morgan fingerprint density at radius 3 is 2.95 bits per heavy atom. The third-order valence-electron chi connectivity index (χ3n) is 3.75. The summed E-state index contributed by atoms with van der Waals surface area (Å²) in [4.78, 5) is 12.3. The van der Waals surface area contributed by atoms with E-state index in [1.165, 1.54) is 17.5 Å². The highest BCUT2D eigenvalue weighted by Crippen LogP contribution is 2.23. The minimum Gasteiger partial charge on any atom is -0.385 e. The van der Waals surface area contributed by atoms with Gasteiger partial charge in [0, 0.05) is 19.3 Å². The Morgan fingerprint density at radius 2 is 2.16 bits per heavy atom. The van der Waals surface area contributed by atoms with Crippen molar-refractivity contribution in [1.29, 1.82) is 0 Å². The Hall–Kier alpha value is -1.19. The Bertz CT molecular complexity index is 442. The first kappa shape index (κ1) is 14.2. The zero-order valence-electron chi connectivity index (χ0n) is 11.9. The molecule has 3 nitrogen and oxygen atoms in total. The number of carbonyl (C=O) groups is 1. The van der Waals surface area contributed by atoms with E-state index in [4.69, 9.17) is 4.74 Å². The van der Waals surface area contributed by atoms with Crippen molar-refractivity contribution in [2.45, 2.75) is 38.6 Å². The zero-order valence-corrected chi connectivity index (χ0v) is 11.9. The molecule has 1 N–H and O–H groups in total. The van der Waals surface area contributed by atoms with Crippen LogP contribution in [-0.2, 0) is 17.6 Å². The Balaban J connectivity index is 1.91. The number of fused-ring (bicyclic) bond motifs is 1. The van der Waals surface area contributed by atoms with Crippen LogP contribution >= 0.6 is 0 Å². The molecule has 0 heterocycles. The summed E-state index contributed by atoms with van der Waals surface area (Å²) in [6.07, 6.45) is 4.43. The van der Waals surface area contributed by atoms with E-state index in [2.05, 4.69) is 17.4 Å².